The van der Waals surface area contributed by atoms with Gasteiger partial charge in [0.05, 0.1) is 5.39 Å². The second kappa shape index (κ2) is 7.21. The van der Waals surface area contributed by atoms with Crippen LogP contribution in [-0.2, 0) is 6.54 Å². The molecule has 5 heteroatoms. The molecule has 0 spiro atoms. The largest absolute Gasteiger partial charge is 0.341 e. The van der Waals surface area contributed by atoms with E-state index in [0.29, 0.717) is 23.4 Å². The van der Waals surface area contributed by atoms with Crippen LogP contribution in [0.25, 0.3) is 16.7 Å². The van der Waals surface area contributed by atoms with Gasteiger partial charge in [-0.25, -0.2) is 4.98 Å². The topological polar surface area (TPSA) is 72.9 Å². The Balaban J connectivity index is 2.00. The Labute approximate surface area is 157 Å². The molecule has 3 N–H and O–H groups in total. The van der Waals surface area contributed by atoms with Crippen LogP contribution in [0, 0.1) is 6.92 Å². The van der Waals surface area contributed by atoms with Crippen LogP contribution >= 0.6 is 0 Å². The molecule has 0 saturated carbocycles. The lowest BCUT2D eigenvalue weighted by Crippen LogP contribution is -2.16. The van der Waals surface area contributed by atoms with Crippen LogP contribution in [0.4, 0.5) is 5.82 Å². The van der Waals surface area contributed by atoms with Crippen molar-refractivity contribution in [1.29, 1.82) is 0 Å². The highest BCUT2D eigenvalue weighted by Gasteiger charge is 2.15. The van der Waals surface area contributed by atoms with Gasteiger partial charge in [0, 0.05) is 29.7 Å². The second-order valence-electron chi connectivity index (χ2n) is 6.64. The van der Waals surface area contributed by atoms with Crippen molar-refractivity contribution in [3.05, 3.63) is 87.9 Å². The number of allylic oxidation sites excluding steroid dienone is 3. The van der Waals surface area contributed by atoms with E-state index in [1.807, 2.05) is 54.0 Å². The maximum atomic E-state index is 12.8. The number of nitrogens with zero attached hydrogens (tertiary/aromatic N) is 2. The van der Waals surface area contributed by atoms with E-state index in [-0.39, 0.29) is 5.43 Å². The van der Waals surface area contributed by atoms with Crippen LogP contribution in [0.15, 0.2) is 71.2 Å². The van der Waals surface area contributed by atoms with Gasteiger partial charge >= 0.3 is 0 Å². The van der Waals surface area contributed by atoms with Gasteiger partial charge in [-0.15, -0.1) is 0 Å². The fourth-order valence-corrected chi connectivity index (χ4v) is 3.36. The molecular weight excluding hydrogens is 336 g/mol. The van der Waals surface area contributed by atoms with Crippen molar-refractivity contribution in [3.63, 3.8) is 0 Å². The number of fused-ring (bicyclic) bond motifs is 1. The molecule has 0 fully saturated rings. The first-order valence-corrected chi connectivity index (χ1v) is 9.13. The number of aryl methyl sites for hydroxylation is 1. The maximum Gasteiger partial charge on any atom is 0.193 e. The molecule has 2 aromatic heterocycles. The molecule has 0 bridgehead atoms. The molecular formula is C22H22N4O. The molecule has 1 aliphatic carbocycles. The Morgan fingerprint density at radius 3 is 2.70 bits per heavy atom. The highest BCUT2D eigenvalue weighted by Crippen LogP contribution is 2.24. The summed E-state index contributed by atoms with van der Waals surface area (Å²) in [4.78, 5) is 17.6. The Morgan fingerprint density at radius 1 is 1.19 bits per heavy atom. The van der Waals surface area contributed by atoms with E-state index in [0.717, 1.165) is 35.5 Å². The number of nitrogens with two attached hydrogens (primary N) is 1. The fourth-order valence-electron chi connectivity index (χ4n) is 3.36. The number of para-hydroxylation sites is 1. The molecule has 2 heterocycles. The summed E-state index contributed by atoms with van der Waals surface area (Å²) in [5.41, 5.74) is 10.0. The van der Waals surface area contributed by atoms with E-state index in [1.165, 1.54) is 0 Å². The fraction of sp³-hybridized carbons (Fsp3) is 0.182. The molecule has 0 unspecified atom stereocenters. The van der Waals surface area contributed by atoms with Gasteiger partial charge in [0.1, 0.15) is 11.5 Å². The van der Waals surface area contributed by atoms with Gasteiger partial charge < -0.3 is 11.1 Å². The molecule has 1 aromatic carbocycles. The third-order valence-electron chi connectivity index (χ3n) is 4.79. The molecule has 136 valence electrons. The summed E-state index contributed by atoms with van der Waals surface area (Å²) in [6.45, 7) is 2.28. The van der Waals surface area contributed by atoms with Crippen LogP contribution in [0.1, 0.15) is 24.1 Å². The van der Waals surface area contributed by atoms with Crippen molar-refractivity contribution in [2.75, 3.05) is 5.32 Å². The molecule has 5 nitrogen and oxygen atoms in total. The van der Waals surface area contributed by atoms with E-state index in [4.69, 9.17) is 10.7 Å². The molecule has 0 amide bonds. The SMILES string of the molecule is Cc1nc2c(cc1CN)c(=O)cc(NC1=CCCC=C1)n2-c1ccccc1. The number of nitrogens with one attached hydrogen (secondary N) is 1. The Bertz CT molecular complexity index is 1110. The van der Waals surface area contributed by atoms with Crippen molar-refractivity contribution < 1.29 is 0 Å². The first kappa shape index (κ1) is 17.2. The Kier molecular flexibility index (Phi) is 4.60. The van der Waals surface area contributed by atoms with Crippen molar-refractivity contribution in [2.45, 2.75) is 26.3 Å². The number of pyridine rings is 2. The van der Waals surface area contributed by atoms with Crippen LogP contribution in [0.5, 0.6) is 0 Å². The first-order chi connectivity index (χ1) is 13.2. The third kappa shape index (κ3) is 3.29. The van der Waals surface area contributed by atoms with Crippen LogP contribution in [-0.4, -0.2) is 9.55 Å². The Morgan fingerprint density at radius 2 is 2.00 bits per heavy atom. The quantitative estimate of drug-likeness (QED) is 0.744. The van der Waals surface area contributed by atoms with Gasteiger partial charge in [0.25, 0.3) is 0 Å². The highest BCUT2D eigenvalue weighted by atomic mass is 16.1. The minimum absolute atomic E-state index is 0.0673. The number of hydrogen-bond acceptors (Lipinski definition) is 4. The summed E-state index contributed by atoms with van der Waals surface area (Å²) < 4.78 is 1.99. The van der Waals surface area contributed by atoms with Crippen LogP contribution in [0.2, 0.25) is 0 Å². The number of hydrogen-bond donors (Lipinski definition) is 2. The van der Waals surface area contributed by atoms with Gasteiger partial charge in [-0.05, 0) is 49.6 Å². The second-order valence-corrected chi connectivity index (χ2v) is 6.64. The highest BCUT2D eigenvalue weighted by molar-refractivity contribution is 5.81. The van der Waals surface area contributed by atoms with Crippen molar-refractivity contribution >= 4 is 16.9 Å². The van der Waals surface area contributed by atoms with Crippen molar-refractivity contribution in [2.24, 2.45) is 5.73 Å². The zero-order chi connectivity index (χ0) is 18.8. The smallest absolute Gasteiger partial charge is 0.193 e. The molecule has 0 radical (unpaired) electrons. The zero-order valence-electron chi connectivity index (χ0n) is 15.3. The average Bonchev–Trinajstić information content (AvgIpc) is 2.69. The van der Waals surface area contributed by atoms with E-state index in [9.17, 15) is 4.79 Å². The van der Waals surface area contributed by atoms with Crippen molar-refractivity contribution in [1.82, 2.24) is 9.55 Å². The van der Waals surface area contributed by atoms with Crippen molar-refractivity contribution in [3.8, 4) is 5.69 Å². The maximum absolute atomic E-state index is 12.8. The lowest BCUT2D eigenvalue weighted by atomic mass is 10.1. The molecule has 0 atom stereocenters. The first-order valence-electron chi connectivity index (χ1n) is 9.13. The number of benzene rings is 1. The number of aromatic nitrogens is 2. The molecule has 27 heavy (non-hydrogen) atoms. The average molecular weight is 358 g/mol. The van der Waals surface area contributed by atoms with E-state index >= 15 is 0 Å². The van der Waals surface area contributed by atoms with Gasteiger partial charge in [0.2, 0.25) is 0 Å². The van der Waals surface area contributed by atoms with E-state index < -0.39 is 0 Å². The van der Waals surface area contributed by atoms with Gasteiger partial charge in [-0.1, -0.05) is 30.4 Å². The minimum Gasteiger partial charge on any atom is -0.341 e. The molecule has 0 saturated heterocycles. The van der Waals surface area contributed by atoms with Crippen LogP contribution in [0.3, 0.4) is 0 Å². The predicted octanol–water partition coefficient (Wildman–Crippen LogP) is 3.80. The molecule has 3 aromatic rings. The summed E-state index contributed by atoms with van der Waals surface area (Å²) in [7, 11) is 0. The summed E-state index contributed by atoms with van der Waals surface area (Å²) in [6.07, 6.45) is 8.34. The monoisotopic (exact) mass is 358 g/mol. The summed E-state index contributed by atoms with van der Waals surface area (Å²) in [5.74, 6) is 0.698. The number of anilines is 1. The normalized spacial score (nSPS) is 13.6. The minimum atomic E-state index is -0.0673. The van der Waals surface area contributed by atoms with Crippen LogP contribution < -0.4 is 16.5 Å². The lowest BCUT2D eigenvalue weighted by molar-refractivity contribution is 0.987. The van der Waals surface area contributed by atoms with E-state index in [2.05, 4.69) is 17.5 Å². The molecule has 1 aliphatic rings. The predicted molar refractivity (Wildman–Crippen MR) is 110 cm³/mol. The Hall–Kier alpha value is -3.18. The number of rotatable bonds is 4. The van der Waals surface area contributed by atoms with Gasteiger partial charge in [-0.2, -0.15) is 0 Å². The lowest BCUT2D eigenvalue weighted by Gasteiger charge is -2.19. The van der Waals surface area contributed by atoms with Gasteiger partial charge in [-0.3, -0.25) is 9.36 Å². The zero-order valence-corrected chi connectivity index (χ0v) is 15.3. The summed E-state index contributed by atoms with van der Waals surface area (Å²) >= 11 is 0. The van der Waals surface area contributed by atoms with E-state index in [1.54, 1.807) is 6.07 Å². The van der Waals surface area contributed by atoms with Gasteiger partial charge in [0.15, 0.2) is 5.43 Å². The third-order valence-corrected chi connectivity index (χ3v) is 4.79. The standard InChI is InChI=1S/C22H22N4O/c1-15-16(14-23)12-19-20(27)13-21(25-17-8-4-2-5-9-17)26(22(19)24-15)18-10-6-3-7-11-18/h3-4,6-13,25H,2,5,14,23H2,1H3. The molecule has 4 rings (SSSR count). The summed E-state index contributed by atoms with van der Waals surface area (Å²) in [5, 5.41) is 3.97. The molecule has 0 aliphatic heterocycles. The summed E-state index contributed by atoms with van der Waals surface area (Å²) in [6, 6.07) is 13.4.